The second-order valence-corrected chi connectivity index (χ2v) is 4.63. The van der Waals surface area contributed by atoms with Gasteiger partial charge in [-0.3, -0.25) is 9.59 Å². The first-order chi connectivity index (χ1) is 7.83. The molecule has 0 saturated carbocycles. The molecule has 0 saturated heterocycles. The maximum atomic E-state index is 11.9. The molecule has 17 heavy (non-hydrogen) atoms. The van der Waals surface area contributed by atoms with Crippen molar-refractivity contribution < 1.29 is 14.3 Å². The largest absolute Gasteiger partial charge is 0.463 e. The highest BCUT2D eigenvalue weighted by Crippen LogP contribution is 2.34. The van der Waals surface area contributed by atoms with Crippen LogP contribution in [0, 0.1) is 0 Å². The van der Waals surface area contributed by atoms with E-state index in [4.69, 9.17) is 10.5 Å². The first-order valence-corrected chi connectivity index (χ1v) is 5.33. The molecule has 2 N–H and O–H groups in total. The zero-order valence-corrected chi connectivity index (χ0v) is 9.98. The molecule has 0 spiro atoms. The number of nitrogens with zero attached hydrogens (tertiary/aromatic N) is 1. The third-order valence-corrected chi connectivity index (χ3v) is 2.85. The molecule has 0 fully saturated rings. The van der Waals surface area contributed by atoms with E-state index in [0.29, 0.717) is 17.0 Å². The van der Waals surface area contributed by atoms with E-state index in [9.17, 15) is 9.59 Å². The first kappa shape index (κ1) is 11.7. The Labute approximate surface area is 99.0 Å². The number of Topliss-reactive ketones (excluding diaryl/α,β-unsaturated/α-hetero) is 2. The molecule has 1 aromatic rings. The Morgan fingerprint density at radius 3 is 2.76 bits per heavy atom. The fraction of sp³-hybridized carbons (Fsp3) is 0.417. The standard InChI is InChI=1S/C12H14N2O3/c1-6(15)7-4-8-9(13)10(16)12(2,3)17-11(8)14-5-7/h4-5,9H,13H2,1-3H3. The molecule has 0 bridgehead atoms. The minimum atomic E-state index is -0.975. The Kier molecular flexibility index (Phi) is 2.50. The van der Waals surface area contributed by atoms with Crippen LogP contribution < -0.4 is 10.5 Å². The summed E-state index contributed by atoms with van der Waals surface area (Å²) in [4.78, 5) is 27.2. The minimum Gasteiger partial charge on any atom is -0.463 e. The molecule has 1 aliphatic rings. The van der Waals surface area contributed by atoms with Gasteiger partial charge in [0.1, 0.15) is 0 Å². The summed E-state index contributed by atoms with van der Waals surface area (Å²) in [5.41, 5.74) is 5.78. The summed E-state index contributed by atoms with van der Waals surface area (Å²) >= 11 is 0. The number of aromatic nitrogens is 1. The van der Waals surface area contributed by atoms with Crippen molar-refractivity contribution in [3.63, 3.8) is 0 Å². The van der Waals surface area contributed by atoms with Crippen LogP contribution in [0.25, 0.3) is 0 Å². The lowest BCUT2D eigenvalue weighted by molar-refractivity contribution is -0.135. The third-order valence-electron chi connectivity index (χ3n) is 2.85. The molecule has 0 amide bonds. The Morgan fingerprint density at radius 2 is 2.18 bits per heavy atom. The highest BCUT2D eigenvalue weighted by molar-refractivity contribution is 5.97. The van der Waals surface area contributed by atoms with E-state index in [1.165, 1.54) is 13.1 Å². The van der Waals surface area contributed by atoms with Crippen molar-refractivity contribution in [1.82, 2.24) is 4.98 Å². The molecule has 0 radical (unpaired) electrons. The summed E-state index contributed by atoms with van der Waals surface area (Å²) in [6.07, 6.45) is 1.43. The number of ketones is 2. The van der Waals surface area contributed by atoms with Crippen LogP contribution in [-0.4, -0.2) is 22.2 Å². The van der Waals surface area contributed by atoms with Gasteiger partial charge in [0.15, 0.2) is 17.2 Å². The van der Waals surface area contributed by atoms with Crippen LogP contribution in [0.4, 0.5) is 0 Å². The number of pyridine rings is 1. The van der Waals surface area contributed by atoms with Crippen molar-refractivity contribution in [1.29, 1.82) is 0 Å². The lowest BCUT2D eigenvalue weighted by Crippen LogP contribution is -2.48. The molecule has 0 aliphatic carbocycles. The number of rotatable bonds is 1. The van der Waals surface area contributed by atoms with Gasteiger partial charge in [-0.1, -0.05) is 0 Å². The number of nitrogens with two attached hydrogens (primary N) is 1. The second kappa shape index (κ2) is 3.63. The van der Waals surface area contributed by atoms with Gasteiger partial charge in [0.25, 0.3) is 0 Å². The number of hydrogen-bond acceptors (Lipinski definition) is 5. The average Bonchev–Trinajstić information content (AvgIpc) is 2.25. The average molecular weight is 234 g/mol. The van der Waals surface area contributed by atoms with Crippen LogP contribution in [0.5, 0.6) is 5.88 Å². The van der Waals surface area contributed by atoms with Crippen LogP contribution in [0.2, 0.25) is 0 Å². The Bertz CT molecular complexity index is 508. The summed E-state index contributed by atoms with van der Waals surface area (Å²) in [7, 11) is 0. The Hall–Kier alpha value is -1.75. The molecule has 0 aromatic carbocycles. The number of carbonyl (C=O) groups is 2. The molecular weight excluding hydrogens is 220 g/mol. The van der Waals surface area contributed by atoms with Crippen molar-refractivity contribution >= 4 is 11.6 Å². The van der Waals surface area contributed by atoms with Crippen molar-refractivity contribution in [3.8, 4) is 5.88 Å². The maximum Gasteiger partial charge on any atom is 0.219 e. The van der Waals surface area contributed by atoms with E-state index in [1.807, 2.05) is 0 Å². The number of carbonyl (C=O) groups excluding carboxylic acids is 2. The quantitative estimate of drug-likeness (QED) is 0.734. The highest BCUT2D eigenvalue weighted by atomic mass is 16.5. The summed E-state index contributed by atoms with van der Waals surface area (Å²) in [6.45, 7) is 4.74. The van der Waals surface area contributed by atoms with E-state index < -0.39 is 11.6 Å². The SMILES string of the molecule is CC(=O)c1cnc2c(c1)C(N)C(=O)C(C)(C)O2. The molecule has 90 valence electrons. The van der Waals surface area contributed by atoms with Crippen molar-refractivity contribution in [2.24, 2.45) is 5.73 Å². The van der Waals surface area contributed by atoms with Crippen molar-refractivity contribution in [2.75, 3.05) is 0 Å². The van der Waals surface area contributed by atoms with Crippen LogP contribution >= 0.6 is 0 Å². The summed E-state index contributed by atoms with van der Waals surface area (Å²) < 4.78 is 5.48. The lowest BCUT2D eigenvalue weighted by Gasteiger charge is -2.33. The molecule has 1 aromatic heterocycles. The lowest BCUT2D eigenvalue weighted by atomic mass is 9.89. The predicted octanol–water partition coefficient (Wildman–Crippen LogP) is 1.02. The van der Waals surface area contributed by atoms with Gasteiger partial charge < -0.3 is 10.5 Å². The molecule has 2 heterocycles. The summed E-state index contributed by atoms with van der Waals surface area (Å²) in [5.74, 6) is -0.00983. The van der Waals surface area contributed by atoms with E-state index in [0.717, 1.165) is 0 Å². The zero-order valence-electron chi connectivity index (χ0n) is 9.98. The van der Waals surface area contributed by atoms with Crippen LogP contribution in [0.1, 0.15) is 42.7 Å². The first-order valence-electron chi connectivity index (χ1n) is 5.33. The van der Waals surface area contributed by atoms with Crippen LogP contribution in [0.3, 0.4) is 0 Å². The van der Waals surface area contributed by atoms with Gasteiger partial charge >= 0.3 is 0 Å². The molecular formula is C12H14N2O3. The van der Waals surface area contributed by atoms with E-state index >= 15 is 0 Å². The summed E-state index contributed by atoms with van der Waals surface area (Å²) in [5, 5.41) is 0. The van der Waals surface area contributed by atoms with E-state index in [1.54, 1.807) is 19.9 Å². The van der Waals surface area contributed by atoms with E-state index in [2.05, 4.69) is 4.98 Å². The van der Waals surface area contributed by atoms with Gasteiger partial charge in [-0.2, -0.15) is 0 Å². The second-order valence-electron chi connectivity index (χ2n) is 4.63. The Balaban J connectivity index is 2.54. The zero-order chi connectivity index (χ0) is 12.8. The monoisotopic (exact) mass is 234 g/mol. The smallest absolute Gasteiger partial charge is 0.219 e. The minimum absolute atomic E-state index is 0.121. The maximum absolute atomic E-state index is 11.9. The van der Waals surface area contributed by atoms with Crippen LogP contribution in [-0.2, 0) is 4.79 Å². The highest BCUT2D eigenvalue weighted by Gasteiger charge is 2.41. The normalized spacial score (nSPS) is 21.6. The predicted molar refractivity (Wildman–Crippen MR) is 60.9 cm³/mol. The molecule has 1 atom stereocenters. The topological polar surface area (TPSA) is 82.3 Å². The van der Waals surface area contributed by atoms with Gasteiger partial charge in [0.2, 0.25) is 5.88 Å². The molecule has 2 rings (SSSR count). The van der Waals surface area contributed by atoms with Crippen molar-refractivity contribution in [2.45, 2.75) is 32.4 Å². The molecule has 1 aliphatic heterocycles. The fourth-order valence-corrected chi connectivity index (χ4v) is 1.78. The summed E-state index contributed by atoms with van der Waals surface area (Å²) in [6, 6.07) is 0.781. The van der Waals surface area contributed by atoms with Gasteiger partial charge in [-0.25, -0.2) is 4.98 Å². The molecule has 5 heteroatoms. The van der Waals surface area contributed by atoms with Gasteiger partial charge in [0.05, 0.1) is 6.04 Å². The number of hydrogen-bond donors (Lipinski definition) is 1. The van der Waals surface area contributed by atoms with Gasteiger partial charge in [-0.15, -0.1) is 0 Å². The van der Waals surface area contributed by atoms with E-state index in [-0.39, 0.29) is 11.6 Å². The van der Waals surface area contributed by atoms with Gasteiger partial charge in [0, 0.05) is 17.3 Å². The van der Waals surface area contributed by atoms with Gasteiger partial charge in [-0.05, 0) is 26.8 Å². The molecule has 5 nitrogen and oxygen atoms in total. The molecule has 1 unspecified atom stereocenters. The number of fused-ring (bicyclic) bond motifs is 1. The van der Waals surface area contributed by atoms with Crippen LogP contribution in [0.15, 0.2) is 12.3 Å². The third kappa shape index (κ3) is 1.82. The Morgan fingerprint density at radius 1 is 1.53 bits per heavy atom. The van der Waals surface area contributed by atoms with Crippen molar-refractivity contribution in [3.05, 3.63) is 23.4 Å². The fourth-order valence-electron chi connectivity index (χ4n) is 1.78. The number of ether oxygens (including phenoxy) is 1.